The maximum Gasteiger partial charge on any atom is 0.227 e. The molecule has 2 rings (SSSR count). The zero-order valence-electron chi connectivity index (χ0n) is 9.97. The van der Waals surface area contributed by atoms with Crippen molar-refractivity contribution in [3.63, 3.8) is 0 Å². The van der Waals surface area contributed by atoms with Gasteiger partial charge >= 0.3 is 0 Å². The van der Waals surface area contributed by atoms with Crippen molar-refractivity contribution < 1.29 is 0 Å². The fourth-order valence-electron chi connectivity index (χ4n) is 1.31. The van der Waals surface area contributed by atoms with Crippen LogP contribution in [0.1, 0.15) is 11.4 Å². The molecule has 0 amide bonds. The fraction of sp³-hybridized carbons (Fsp3) is 0.154. The van der Waals surface area contributed by atoms with Crippen molar-refractivity contribution in [3.8, 4) is 12.8 Å². The first-order valence-corrected chi connectivity index (χ1v) is 5.61. The number of aromatic nitrogens is 3. The molecule has 1 heterocycles. The Morgan fingerprint density at radius 1 is 1.11 bits per heavy atom. The quantitative estimate of drug-likeness (QED) is 0.862. The molecule has 1 aromatic carbocycles. The van der Waals surface area contributed by atoms with Crippen LogP contribution in [0.4, 0.5) is 5.95 Å². The van der Waals surface area contributed by atoms with Crippen LogP contribution in [0, 0.1) is 19.8 Å². The molecule has 0 saturated heterocycles. The summed E-state index contributed by atoms with van der Waals surface area (Å²) in [5.74, 6) is 1.11. The first-order chi connectivity index (χ1) is 8.74. The lowest BCUT2D eigenvalue weighted by Gasteiger charge is -2.05. The van der Waals surface area contributed by atoms with Gasteiger partial charge in [0.2, 0.25) is 11.2 Å². The molecule has 1 aromatic heterocycles. The minimum Gasteiger partial charge on any atom is -0.350 e. The van der Waals surface area contributed by atoms with E-state index in [1.165, 1.54) is 0 Å². The highest BCUT2D eigenvalue weighted by Crippen LogP contribution is 2.07. The van der Waals surface area contributed by atoms with Crippen LogP contribution in [0.3, 0.4) is 0 Å². The molecule has 0 aliphatic heterocycles. The van der Waals surface area contributed by atoms with Crippen LogP contribution in [-0.4, -0.2) is 15.0 Å². The monoisotopic (exact) mass is 260 g/mol. The van der Waals surface area contributed by atoms with E-state index < -0.39 is 0 Å². The topological polar surface area (TPSA) is 50.7 Å². The van der Waals surface area contributed by atoms with E-state index in [1.807, 2.05) is 30.3 Å². The number of halogens is 1. The first kappa shape index (κ1) is 13.9. The summed E-state index contributed by atoms with van der Waals surface area (Å²) in [6.45, 7) is 2.45. The predicted octanol–water partition coefficient (Wildman–Crippen LogP) is 2.69. The van der Waals surface area contributed by atoms with Crippen molar-refractivity contribution in [2.24, 2.45) is 0 Å². The number of rotatable bonds is 3. The van der Waals surface area contributed by atoms with Gasteiger partial charge in [0.25, 0.3) is 0 Å². The fourth-order valence-corrected chi connectivity index (χ4v) is 1.51. The van der Waals surface area contributed by atoms with Gasteiger partial charge in [-0.3, -0.25) is 0 Å². The van der Waals surface area contributed by atoms with E-state index in [1.54, 1.807) is 6.92 Å². The minimum absolute atomic E-state index is 0.211. The molecular formula is C13H13ClN4. The summed E-state index contributed by atoms with van der Waals surface area (Å²) in [4.78, 5) is 12.0. The Labute approximate surface area is 111 Å². The number of hydrogen-bond donors (Lipinski definition) is 1. The third-order valence-electron chi connectivity index (χ3n) is 2.01. The van der Waals surface area contributed by atoms with Crippen molar-refractivity contribution in [1.82, 2.24) is 15.0 Å². The molecule has 0 aliphatic rings. The van der Waals surface area contributed by atoms with Gasteiger partial charge in [-0.15, -0.1) is 12.8 Å². The van der Waals surface area contributed by atoms with Crippen LogP contribution >= 0.6 is 11.6 Å². The van der Waals surface area contributed by atoms with Crippen LogP contribution < -0.4 is 5.32 Å². The molecule has 4 nitrogen and oxygen atoms in total. The Hall–Kier alpha value is -2.12. The molecule has 0 aliphatic carbocycles. The number of aryl methyl sites for hydroxylation is 1. The summed E-state index contributed by atoms with van der Waals surface area (Å²) in [5.41, 5.74) is 1.16. The van der Waals surface area contributed by atoms with E-state index in [2.05, 4.69) is 33.1 Å². The number of nitrogens with one attached hydrogen (secondary N) is 1. The molecule has 92 valence electrons. The normalized spacial score (nSPS) is 9.11. The van der Waals surface area contributed by atoms with E-state index in [4.69, 9.17) is 11.6 Å². The second-order valence-electron chi connectivity index (χ2n) is 3.31. The number of terminal acetylenes is 1. The van der Waals surface area contributed by atoms with E-state index in [-0.39, 0.29) is 5.28 Å². The van der Waals surface area contributed by atoms with Gasteiger partial charge in [0.15, 0.2) is 0 Å². The summed E-state index contributed by atoms with van der Waals surface area (Å²) in [7, 11) is 0. The standard InChI is InChI=1S/C11H11ClN4.C2H2/c1-8-14-10(12)16-11(15-8)13-7-9-5-3-2-4-6-9;1-2/h2-6H,7H2,1H3,(H,13,14,15,16);1-2H. The van der Waals surface area contributed by atoms with Gasteiger partial charge in [-0.2, -0.15) is 9.97 Å². The highest BCUT2D eigenvalue weighted by molar-refractivity contribution is 6.28. The smallest absolute Gasteiger partial charge is 0.227 e. The number of anilines is 1. The third-order valence-corrected chi connectivity index (χ3v) is 2.18. The Balaban J connectivity index is 0.000000771. The van der Waals surface area contributed by atoms with Crippen molar-refractivity contribution in [2.45, 2.75) is 13.5 Å². The third kappa shape index (κ3) is 4.40. The van der Waals surface area contributed by atoms with Crippen LogP contribution in [0.5, 0.6) is 0 Å². The van der Waals surface area contributed by atoms with Gasteiger partial charge in [-0.25, -0.2) is 4.98 Å². The summed E-state index contributed by atoms with van der Waals surface area (Å²) < 4.78 is 0. The maximum absolute atomic E-state index is 5.73. The van der Waals surface area contributed by atoms with Crippen LogP contribution in [-0.2, 0) is 6.54 Å². The Bertz CT molecular complexity index is 491. The lowest BCUT2D eigenvalue weighted by molar-refractivity contribution is 0.953. The molecule has 0 fully saturated rings. The van der Waals surface area contributed by atoms with E-state index in [0.717, 1.165) is 5.56 Å². The molecule has 2 aromatic rings. The van der Waals surface area contributed by atoms with Gasteiger partial charge in [-0.1, -0.05) is 30.3 Å². The van der Waals surface area contributed by atoms with Crippen molar-refractivity contribution in [1.29, 1.82) is 0 Å². The van der Waals surface area contributed by atoms with Gasteiger partial charge in [0.05, 0.1) is 0 Å². The molecule has 0 saturated carbocycles. The highest BCUT2D eigenvalue weighted by atomic mass is 35.5. The van der Waals surface area contributed by atoms with E-state index in [0.29, 0.717) is 18.3 Å². The molecular weight excluding hydrogens is 248 g/mol. The number of benzene rings is 1. The van der Waals surface area contributed by atoms with Gasteiger partial charge < -0.3 is 5.32 Å². The van der Waals surface area contributed by atoms with E-state index >= 15 is 0 Å². The van der Waals surface area contributed by atoms with Gasteiger partial charge in [0.1, 0.15) is 5.82 Å². The summed E-state index contributed by atoms with van der Waals surface area (Å²) in [5, 5.41) is 3.31. The van der Waals surface area contributed by atoms with Crippen molar-refractivity contribution in [3.05, 3.63) is 47.0 Å². The van der Waals surface area contributed by atoms with Gasteiger partial charge in [-0.05, 0) is 24.1 Å². The maximum atomic E-state index is 5.73. The van der Waals surface area contributed by atoms with Crippen LogP contribution in [0.25, 0.3) is 0 Å². The molecule has 0 unspecified atom stereocenters. The Morgan fingerprint density at radius 3 is 2.39 bits per heavy atom. The molecule has 0 radical (unpaired) electrons. The first-order valence-electron chi connectivity index (χ1n) is 5.23. The molecule has 18 heavy (non-hydrogen) atoms. The molecule has 1 N–H and O–H groups in total. The molecule has 0 bridgehead atoms. The Kier molecular flexibility index (Phi) is 5.62. The average Bonchev–Trinajstić information content (AvgIpc) is 2.39. The second kappa shape index (κ2) is 7.25. The molecule has 5 heteroatoms. The zero-order valence-corrected chi connectivity index (χ0v) is 10.7. The van der Waals surface area contributed by atoms with Crippen LogP contribution in [0.2, 0.25) is 5.28 Å². The summed E-state index contributed by atoms with van der Waals surface area (Å²) in [6, 6.07) is 10.0. The lowest BCUT2D eigenvalue weighted by Crippen LogP contribution is -2.05. The van der Waals surface area contributed by atoms with Crippen molar-refractivity contribution in [2.75, 3.05) is 5.32 Å². The lowest BCUT2D eigenvalue weighted by atomic mass is 10.2. The Morgan fingerprint density at radius 2 is 1.78 bits per heavy atom. The van der Waals surface area contributed by atoms with E-state index in [9.17, 15) is 0 Å². The highest BCUT2D eigenvalue weighted by Gasteiger charge is 2.00. The van der Waals surface area contributed by atoms with Crippen molar-refractivity contribution >= 4 is 17.5 Å². The summed E-state index contributed by atoms with van der Waals surface area (Å²) in [6.07, 6.45) is 8.00. The number of nitrogens with zero attached hydrogens (tertiary/aromatic N) is 3. The second-order valence-corrected chi connectivity index (χ2v) is 3.65. The largest absolute Gasteiger partial charge is 0.350 e. The van der Waals surface area contributed by atoms with Gasteiger partial charge in [0, 0.05) is 6.54 Å². The minimum atomic E-state index is 0.211. The predicted molar refractivity (Wildman–Crippen MR) is 73.2 cm³/mol. The number of hydrogen-bond acceptors (Lipinski definition) is 4. The zero-order chi connectivity index (χ0) is 13.4. The average molecular weight is 261 g/mol. The SMILES string of the molecule is C#C.Cc1nc(Cl)nc(NCc2ccccc2)n1. The molecule has 0 spiro atoms. The van der Waals surface area contributed by atoms with Crippen LogP contribution in [0.15, 0.2) is 30.3 Å². The molecule has 0 atom stereocenters. The summed E-state index contributed by atoms with van der Waals surface area (Å²) >= 11 is 5.73.